The van der Waals surface area contributed by atoms with Crippen LogP contribution in [0.1, 0.15) is 12.0 Å². The van der Waals surface area contributed by atoms with Crippen molar-refractivity contribution in [3.8, 4) is 0 Å². The molecule has 1 aromatic heterocycles. The molecule has 0 radical (unpaired) electrons. The van der Waals surface area contributed by atoms with Gasteiger partial charge in [0.05, 0.1) is 23.4 Å². The summed E-state index contributed by atoms with van der Waals surface area (Å²) in [5.74, 6) is -0.182. The van der Waals surface area contributed by atoms with Crippen LogP contribution in [0.2, 0.25) is 0 Å². The van der Waals surface area contributed by atoms with E-state index in [1.165, 1.54) is 5.56 Å². The smallest absolute Gasteiger partial charge is 0.241 e. The van der Waals surface area contributed by atoms with Gasteiger partial charge in [-0.2, -0.15) is 0 Å². The van der Waals surface area contributed by atoms with Gasteiger partial charge in [0.25, 0.3) is 0 Å². The van der Waals surface area contributed by atoms with E-state index in [4.69, 9.17) is 5.73 Å². The number of amides is 1. The second kappa shape index (κ2) is 7.03. The summed E-state index contributed by atoms with van der Waals surface area (Å²) in [6.07, 6.45) is 3.05. The van der Waals surface area contributed by atoms with Crippen LogP contribution in [0.5, 0.6) is 0 Å². The fraction of sp³-hybridized carbons (Fsp3) is 0.158. The molecule has 3 rings (SSSR count). The number of rotatable bonds is 5. The average Bonchev–Trinajstić information content (AvgIpc) is 2.60. The van der Waals surface area contributed by atoms with Crippen LogP contribution < -0.4 is 11.1 Å². The largest absolute Gasteiger partial charge is 0.323 e. The predicted molar refractivity (Wildman–Crippen MR) is 93.1 cm³/mol. The van der Waals surface area contributed by atoms with Crippen LogP contribution in [0, 0.1) is 0 Å². The maximum atomic E-state index is 12.2. The first kappa shape index (κ1) is 15.2. The van der Waals surface area contributed by atoms with Crippen LogP contribution in [0.25, 0.3) is 10.9 Å². The third-order valence-corrected chi connectivity index (χ3v) is 3.78. The molecular weight excluding hydrogens is 286 g/mol. The Morgan fingerprint density at radius 2 is 1.83 bits per heavy atom. The summed E-state index contributed by atoms with van der Waals surface area (Å²) >= 11 is 0. The molecule has 23 heavy (non-hydrogen) atoms. The van der Waals surface area contributed by atoms with Gasteiger partial charge < -0.3 is 11.1 Å². The number of para-hydroxylation sites is 1. The van der Waals surface area contributed by atoms with Crippen molar-refractivity contribution in [2.75, 3.05) is 5.32 Å². The van der Waals surface area contributed by atoms with E-state index in [2.05, 4.69) is 10.3 Å². The average molecular weight is 305 g/mol. The van der Waals surface area contributed by atoms with Crippen LogP contribution in [-0.4, -0.2) is 16.9 Å². The molecule has 3 aromatic rings. The molecule has 1 atom stereocenters. The zero-order chi connectivity index (χ0) is 16.1. The lowest BCUT2D eigenvalue weighted by Gasteiger charge is -2.12. The lowest BCUT2D eigenvalue weighted by molar-refractivity contribution is -0.117. The molecule has 0 unspecified atom stereocenters. The number of hydrogen-bond donors (Lipinski definition) is 2. The summed E-state index contributed by atoms with van der Waals surface area (Å²) in [4.78, 5) is 16.5. The van der Waals surface area contributed by atoms with Crippen molar-refractivity contribution in [3.63, 3.8) is 0 Å². The second-order valence-corrected chi connectivity index (χ2v) is 5.54. The molecule has 3 N–H and O–H groups in total. The molecule has 0 spiro atoms. The molecule has 0 bridgehead atoms. The molecule has 0 saturated carbocycles. The lowest BCUT2D eigenvalue weighted by atomic mass is 10.1. The number of benzene rings is 2. The normalized spacial score (nSPS) is 12.0. The summed E-state index contributed by atoms with van der Waals surface area (Å²) in [5, 5.41) is 3.83. The van der Waals surface area contributed by atoms with Gasteiger partial charge in [-0.05, 0) is 30.5 Å². The quantitative estimate of drug-likeness (QED) is 0.761. The number of nitrogens with zero attached hydrogens (tertiary/aromatic N) is 1. The minimum atomic E-state index is -0.540. The van der Waals surface area contributed by atoms with Crippen LogP contribution >= 0.6 is 0 Å². The fourth-order valence-corrected chi connectivity index (χ4v) is 2.47. The van der Waals surface area contributed by atoms with Gasteiger partial charge in [0.1, 0.15) is 0 Å². The molecule has 0 aliphatic heterocycles. The highest BCUT2D eigenvalue weighted by atomic mass is 16.2. The Hall–Kier alpha value is -2.72. The highest BCUT2D eigenvalue weighted by molar-refractivity contribution is 5.96. The van der Waals surface area contributed by atoms with E-state index in [9.17, 15) is 4.79 Å². The number of carbonyl (C=O) groups is 1. The first-order chi connectivity index (χ1) is 11.2. The molecule has 2 aromatic carbocycles. The molecule has 0 saturated heterocycles. The van der Waals surface area contributed by atoms with Gasteiger partial charge in [0, 0.05) is 5.39 Å². The molecule has 1 heterocycles. The van der Waals surface area contributed by atoms with Crippen molar-refractivity contribution >= 4 is 22.5 Å². The number of nitrogens with two attached hydrogens (primary N) is 1. The summed E-state index contributed by atoms with van der Waals surface area (Å²) in [6.45, 7) is 0. The predicted octanol–water partition coefficient (Wildman–Crippen LogP) is 3.13. The number of anilines is 1. The Labute approximate surface area is 135 Å². The number of pyridine rings is 1. The minimum Gasteiger partial charge on any atom is -0.323 e. The van der Waals surface area contributed by atoms with E-state index in [1.807, 2.05) is 60.7 Å². The monoisotopic (exact) mass is 305 g/mol. The molecule has 4 nitrogen and oxygen atoms in total. The van der Waals surface area contributed by atoms with Crippen molar-refractivity contribution in [1.82, 2.24) is 4.98 Å². The van der Waals surface area contributed by atoms with Gasteiger partial charge in [-0.15, -0.1) is 0 Å². The molecule has 4 heteroatoms. The van der Waals surface area contributed by atoms with Gasteiger partial charge in [0.2, 0.25) is 5.91 Å². The van der Waals surface area contributed by atoms with Gasteiger partial charge in [-0.1, -0.05) is 48.5 Å². The number of aryl methyl sites for hydroxylation is 1. The van der Waals surface area contributed by atoms with E-state index in [0.29, 0.717) is 12.1 Å². The van der Waals surface area contributed by atoms with Crippen molar-refractivity contribution in [1.29, 1.82) is 0 Å². The first-order valence-corrected chi connectivity index (χ1v) is 7.67. The number of nitrogens with one attached hydrogen (secondary N) is 1. The number of carbonyl (C=O) groups excluding carboxylic acids is 1. The molecule has 0 aliphatic rings. The van der Waals surface area contributed by atoms with Crippen molar-refractivity contribution in [3.05, 3.63) is 72.4 Å². The highest BCUT2D eigenvalue weighted by Gasteiger charge is 2.13. The minimum absolute atomic E-state index is 0.182. The van der Waals surface area contributed by atoms with E-state index < -0.39 is 6.04 Å². The van der Waals surface area contributed by atoms with Gasteiger partial charge in [-0.25, -0.2) is 0 Å². The summed E-state index contributed by atoms with van der Waals surface area (Å²) in [5.41, 5.74) is 8.75. The van der Waals surface area contributed by atoms with Crippen LogP contribution in [-0.2, 0) is 11.2 Å². The van der Waals surface area contributed by atoms with Gasteiger partial charge in [-0.3, -0.25) is 9.78 Å². The number of aromatic nitrogens is 1. The maximum Gasteiger partial charge on any atom is 0.241 e. The van der Waals surface area contributed by atoms with Crippen molar-refractivity contribution in [2.45, 2.75) is 18.9 Å². The second-order valence-electron chi connectivity index (χ2n) is 5.54. The molecular formula is C19H19N3O. The first-order valence-electron chi connectivity index (χ1n) is 7.67. The molecule has 116 valence electrons. The summed E-state index contributed by atoms with van der Waals surface area (Å²) < 4.78 is 0. The van der Waals surface area contributed by atoms with E-state index >= 15 is 0 Å². The van der Waals surface area contributed by atoms with Crippen molar-refractivity contribution in [2.24, 2.45) is 5.73 Å². The van der Waals surface area contributed by atoms with E-state index in [-0.39, 0.29) is 5.91 Å². The van der Waals surface area contributed by atoms with Gasteiger partial charge >= 0.3 is 0 Å². The van der Waals surface area contributed by atoms with Crippen LogP contribution in [0.3, 0.4) is 0 Å². The Bertz CT molecular complexity index is 802. The topological polar surface area (TPSA) is 68.0 Å². The number of fused-ring (bicyclic) bond motifs is 1. The van der Waals surface area contributed by atoms with E-state index in [1.54, 1.807) is 6.20 Å². The maximum absolute atomic E-state index is 12.2. The Morgan fingerprint density at radius 1 is 1.09 bits per heavy atom. The standard InChI is InChI=1S/C19H19N3O/c20-17(11-10-14-6-2-1-3-7-14)19(23)22-16-12-15-8-4-5-9-18(15)21-13-16/h1-9,12-13,17H,10-11,20H2,(H,22,23)/t17-/m0/s1. The summed E-state index contributed by atoms with van der Waals surface area (Å²) in [6, 6.07) is 19.2. The highest BCUT2D eigenvalue weighted by Crippen LogP contribution is 2.16. The molecule has 0 aliphatic carbocycles. The third kappa shape index (κ3) is 3.93. The zero-order valence-electron chi connectivity index (χ0n) is 12.8. The van der Waals surface area contributed by atoms with E-state index in [0.717, 1.165) is 17.3 Å². The molecule has 1 amide bonds. The van der Waals surface area contributed by atoms with Crippen LogP contribution in [0.4, 0.5) is 5.69 Å². The Kier molecular flexibility index (Phi) is 4.64. The zero-order valence-corrected chi connectivity index (χ0v) is 12.8. The summed E-state index contributed by atoms with van der Waals surface area (Å²) in [7, 11) is 0. The lowest BCUT2D eigenvalue weighted by Crippen LogP contribution is -2.36. The Balaban J connectivity index is 1.60. The fourth-order valence-electron chi connectivity index (χ4n) is 2.47. The van der Waals surface area contributed by atoms with Crippen molar-refractivity contribution < 1.29 is 4.79 Å². The van der Waals surface area contributed by atoms with Crippen LogP contribution in [0.15, 0.2) is 66.9 Å². The SMILES string of the molecule is N[C@@H](CCc1ccccc1)C(=O)Nc1cnc2ccccc2c1. The number of hydrogen-bond acceptors (Lipinski definition) is 3. The molecule has 0 fully saturated rings. The Morgan fingerprint density at radius 3 is 2.65 bits per heavy atom. The third-order valence-electron chi connectivity index (χ3n) is 3.78. The van der Waals surface area contributed by atoms with Gasteiger partial charge in [0.15, 0.2) is 0 Å².